The number of nitrogens with one attached hydrogen (secondary N) is 1. The van der Waals surface area contributed by atoms with Crippen molar-refractivity contribution in [3.8, 4) is 11.3 Å². The Bertz CT molecular complexity index is 1150. The zero-order valence-electron chi connectivity index (χ0n) is 15.8. The summed E-state index contributed by atoms with van der Waals surface area (Å²) < 4.78 is 10.5. The predicted molar refractivity (Wildman–Crippen MR) is 112 cm³/mol. The number of carbonyl (C=O) groups excluding carboxylic acids is 1. The van der Waals surface area contributed by atoms with Gasteiger partial charge in [0.2, 0.25) is 0 Å². The van der Waals surface area contributed by atoms with Gasteiger partial charge in [-0.3, -0.25) is 14.5 Å². The number of fused-ring (bicyclic) bond motifs is 1. The first-order valence-corrected chi connectivity index (χ1v) is 10.5. The molecule has 5 rings (SSSR count). The first kappa shape index (κ1) is 17.9. The van der Waals surface area contributed by atoms with Gasteiger partial charge in [0.05, 0.1) is 35.7 Å². The summed E-state index contributed by atoms with van der Waals surface area (Å²) in [5.74, 6) is -0.138. The molecule has 1 aliphatic carbocycles. The molecule has 3 aromatic heterocycles. The van der Waals surface area contributed by atoms with Crippen LogP contribution in [-0.4, -0.2) is 29.4 Å². The minimum atomic E-state index is -0.138. The van der Waals surface area contributed by atoms with Crippen molar-refractivity contribution in [2.75, 3.05) is 0 Å². The minimum Gasteiger partial charge on any atom is -0.346 e. The Morgan fingerprint density at radius 1 is 1.07 bits per heavy atom. The van der Waals surface area contributed by atoms with Crippen molar-refractivity contribution < 1.29 is 4.79 Å². The van der Waals surface area contributed by atoms with Crippen LogP contribution in [-0.2, 0) is 6.54 Å². The third-order valence-electron chi connectivity index (χ3n) is 5.38. The van der Waals surface area contributed by atoms with E-state index in [-0.39, 0.29) is 5.91 Å². The molecule has 8 heteroatoms. The highest BCUT2D eigenvalue weighted by Crippen LogP contribution is 2.33. The van der Waals surface area contributed by atoms with Gasteiger partial charge < -0.3 is 5.32 Å². The van der Waals surface area contributed by atoms with E-state index in [4.69, 9.17) is 5.10 Å². The van der Waals surface area contributed by atoms with E-state index in [1.165, 1.54) is 12.8 Å². The topological polar surface area (TPSA) is 85.6 Å². The van der Waals surface area contributed by atoms with Crippen LogP contribution >= 0.6 is 11.7 Å². The Hall–Kier alpha value is -3.13. The van der Waals surface area contributed by atoms with Gasteiger partial charge in [0.15, 0.2) is 0 Å². The highest BCUT2D eigenvalue weighted by Gasteiger charge is 2.22. The maximum Gasteiger partial charge on any atom is 0.251 e. The molecule has 29 heavy (non-hydrogen) atoms. The first-order valence-electron chi connectivity index (χ1n) is 9.77. The number of hydrogen-bond acceptors (Lipinski definition) is 6. The average molecular weight is 404 g/mol. The van der Waals surface area contributed by atoms with Gasteiger partial charge in [0.25, 0.3) is 5.91 Å². The molecule has 0 unspecified atom stereocenters. The summed E-state index contributed by atoms with van der Waals surface area (Å²) in [5, 5.41) is 7.82. The van der Waals surface area contributed by atoms with Gasteiger partial charge in [0.1, 0.15) is 11.0 Å². The van der Waals surface area contributed by atoms with Crippen LogP contribution in [0.4, 0.5) is 0 Å². The van der Waals surface area contributed by atoms with Crippen LogP contribution in [0.3, 0.4) is 0 Å². The maximum atomic E-state index is 12.6. The number of hydrogen-bond donors (Lipinski definition) is 1. The van der Waals surface area contributed by atoms with Gasteiger partial charge in [0, 0.05) is 23.5 Å². The molecular weight excluding hydrogens is 384 g/mol. The standard InChI is InChI=1S/C21H20N6OS/c28-21(15-5-6-18-19(11-15)26-29-25-18)23-13-16-12-20(14-7-9-22-10-8-14)27(24-16)17-3-1-2-4-17/h5-12,17H,1-4,13H2,(H,23,28). The molecule has 0 bridgehead atoms. The molecule has 1 fully saturated rings. The number of amides is 1. The second-order valence-electron chi connectivity index (χ2n) is 7.29. The number of benzene rings is 1. The normalized spacial score (nSPS) is 14.5. The van der Waals surface area contributed by atoms with Crippen molar-refractivity contribution >= 4 is 28.7 Å². The molecule has 7 nitrogen and oxygen atoms in total. The summed E-state index contributed by atoms with van der Waals surface area (Å²) in [6, 6.07) is 11.9. The minimum absolute atomic E-state index is 0.138. The summed E-state index contributed by atoms with van der Waals surface area (Å²) in [7, 11) is 0. The van der Waals surface area contributed by atoms with Crippen LogP contribution in [0.2, 0.25) is 0 Å². The van der Waals surface area contributed by atoms with Gasteiger partial charge in [-0.2, -0.15) is 13.8 Å². The highest BCUT2D eigenvalue weighted by atomic mass is 32.1. The van der Waals surface area contributed by atoms with Crippen LogP contribution in [0.5, 0.6) is 0 Å². The molecule has 0 spiro atoms. The van der Waals surface area contributed by atoms with Crippen LogP contribution in [0.15, 0.2) is 48.8 Å². The molecule has 1 saturated carbocycles. The monoisotopic (exact) mass is 404 g/mol. The van der Waals surface area contributed by atoms with Crippen LogP contribution in [0, 0.1) is 0 Å². The lowest BCUT2D eigenvalue weighted by Gasteiger charge is -2.14. The van der Waals surface area contributed by atoms with Crippen molar-refractivity contribution in [2.45, 2.75) is 38.3 Å². The van der Waals surface area contributed by atoms with E-state index >= 15 is 0 Å². The third kappa shape index (κ3) is 3.63. The number of carbonyl (C=O) groups is 1. The molecule has 0 aliphatic heterocycles. The fourth-order valence-electron chi connectivity index (χ4n) is 3.89. The molecule has 1 N–H and O–H groups in total. The lowest BCUT2D eigenvalue weighted by molar-refractivity contribution is 0.0950. The molecule has 0 saturated heterocycles. The van der Waals surface area contributed by atoms with Crippen molar-refractivity contribution in [1.29, 1.82) is 0 Å². The van der Waals surface area contributed by atoms with Crippen molar-refractivity contribution in [3.05, 3.63) is 60.0 Å². The molecule has 146 valence electrons. The van der Waals surface area contributed by atoms with Crippen LogP contribution in [0.25, 0.3) is 22.3 Å². The summed E-state index contributed by atoms with van der Waals surface area (Å²) in [4.78, 5) is 16.7. The third-order valence-corrected chi connectivity index (χ3v) is 5.94. The molecule has 4 aromatic rings. The summed E-state index contributed by atoms with van der Waals surface area (Å²) in [6.45, 7) is 0.379. The van der Waals surface area contributed by atoms with E-state index in [1.54, 1.807) is 24.5 Å². The largest absolute Gasteiger partial charge is 0.346 e. The van der Waals surface area contributed by atoms with Gasteiger partial charge in [-0.25, -0.2) is 0 Å². The molecule has 1 aromatic carbocycles. The van der Waals surface area contributed by atoms with Gasteiger partial charge in [-0.1, -0.05) is 12.8 Å². The second-order valence-corrected chi connectivity index (χ2v) is 7.82. The Kier molecular flexibility index (Phi) is 4.77. The number of pyridine rings is 1. The molecular formula is C21H20N6OS. The van der Waals surface area contributed by atoms with Gasteiger partial charge >= 0.3 is 0 Å². The summed E-state index contributed by atoms with van der Waals surface area (Å²) in [6.07, 6.45) is 8.36. The number of aromatic nitrogens is 5. The Morgan fingerprint density at radius 2 is 1.86 bits per heavy atom. The fraction of sp³-hybridized carbons (Fsp3) is 0.286. The maximum absolute atomic E-state index is 12.6. The Labute approximate surface area is 172 Å². The van der Waals surface area contributed by atoms with E-state index in [1.807, 2.05) is 18.2 Å². The first-order chi connectivity index (χ1) is 14.3. The molecule has 1 amide bonds. The zero-order chi connectivity index (χ0) is 19.6. The highest BCUT2D eigenvalue weighted by molar-refractivity contribution is 7.00. The van der Waals surface area contributed by atoms with E-state index in [2.05, 4.69) is 29.8 Å². The molecule has 1 aliphatic rings. The SMILES string of the molecule is O=C(NCc1cc(-c2ccncc2)n(C2CCCC2)n1)c1ccc2nsnc2c1. The second kappa shape index (κ2) is 7.71. The Balaban J connectivity index is 1.37. The van der Waals surface area contributed by atoms with E-state index in [0.29, 0.717) is 18.2 Å². The Morgan fingerprint density at radius 3 is 2.69 bits per heavy atom. The molecule has 0 radical (unpaired) electrons. The van der Waals surface area contributed by atoms with E-state index in [0.717, 1.165) is 52.6 Å². The lowest BCUT2D eigenvalue weighted by atomic mass is 10.1. The van der Waals surface area contributed by atoms with E-state index < -0.39 is 0 Å². The fourth-order valence-corrected chi connectivity index (χ4v) is 4.41. The van der Waals surface area contributed by atoms with Crippen molar-refractivity contribution in [3.63, 3.8) is 0 Å². The molecule has 3 heterocycles. The number of nitrogens with zero attached hydrogens (tertiary/aromatic N) is 5. The summed E-state index contributed by atoms with van der Waals surface area (Å²) in [5.41, 5.74) is 5.16. The molecule has 0 atom stereocenters. The number of rotatable bonds is 5. The van der Waals surface area contributed by atoms with Crippen molar-refractivity contribution in [2.24, 2.45) is 0 Å². The zero-order valence-corrected chi connectivity index (χ0v) is 16.6. The quantitative estimate of drug-likeness (QED) is 0.543. The van der Waals surface area contributed by atoms with Gasteiger partial charge in [-0.15, -0.1) is 0 Å². The van der Waals surface area contributed by atoms with Gasteiger partial charge in [-0.05, 0) is 49.2 Å². The van der Waals surface area contributed by atoms with Crippen LogP contribution in [0.1, 0.15) is 47.8 Å². The summed E-state index contributed by atoms with van der Waals surface area (Å²) >= 11 is 1.15. The predicted octanol–water partition coefficient (Wildman–Crippen LogP) is 3.99. The van der Waals surface area contributed by atoms with Crippen LogP contribution < -0.4 is 5.32 Å². The smallest absolute Gasteiger partial charge is 0.251 e. The van der Waals surface area contributed by atoms with E-state index in [9.17, 15) is 4.79 Å². The lowest BCUT2D eigenvalue weighted by Crippen LogP contribution is -2.23. The van der Waals surface area contributed by atoms with Crippen molar-refractivity contribution in [1.82, 2.24) is 28.8 Å². The average Bonchev–Trinajstić information content (AvgIpc) is 3.52.